The van der Waals surface area contributed by atoms with Crippen molar-refractivity contribution in [2.24, 2.45) is 0 Å². The molecule has 4 aliphatic rings. The molecule has 40 nitrogen and oxygen atoms in total. The number of aliphatic hydroxyl groups excluding tert-OH is 8. The SMILES string of the molecule is O=c1[nH]c(=S)c(Cl)cn1[C@@H]1O[C@](F)(COP(=O)(O)O)[C@@H](O)[C@H]1O.[2H]C([2H])(OP(=O)(O)O)[C@@]1(F)O[C@@H](n2cc(Cl)c(=S)[nH]c2=O)[C@H](O)[C@@H]1O.[2H]C([2H])(OP(=O)(O)O)[C@@]1(F)O[C@@]([2H])(n2cc(Cl)c(=S)[nH]c2=O)[C@H](O)[C@@H]1O.[2H][C@@]1(n2cc(Cl)c(=S)[nH]c2=O)O[C@](F)(COP(=O)(O)O)[C@@H](O)[C@H]1O. The van der Waals surface area contributed by atoms with Gasteiger partial charge in [-0.2, -0.15) is 0 Å². The van der Waals surface area contributed by atoms with Gasteiger partial charge in [-0.25, -0.2) is 55.0 Å². The first-order valence-electron chi connectivity index (χ1n) is 25.9. The van der Waals surface area contributed by atoms with E-state index >= 15 is 0 Å². The van der Waals surface area contributed by atoms with Crippen molar-refractivity contribution >= 4 is 127 Å². The van der Waals surface area contributed by atoms with Gasteiger partial charge in [-0.05, 0) is 0 Å². The molecule has 56 heteroatoms. The number of hydrogen-bond donors (Lipinski definition) is 20. The molecule has 20 N–H and O–H groups in total. The fraction of sp³-hybridized carbons (Fsp3) is 0.556. The normalized spacial score (nSPS) is 34.3. The van der Waals surface area contributed by atoms with Crippen LogP contribution in [-0.2, 0) is 55.3 Å². The van der Waals surface area contributed by atoms with E-state index < -0.39 is 177 Å². The van der Waals surface area contributed by atoms with Gasteiger partial charge in [0.2, 0.25) is 0 Å². The third kappa shape index (κ3) is 19.8. The fourth-order valence-corrected chi connectivity index (χ4v) is 9.38. The van der Waals surface area contributed by atoms with E-state index in [1.165, 1.54) is 0 Å². The van der Waals surface area contributed by atoms with E-state index in [2.05, 4.69) is 54.5 Å². The minimum atomic E-state index is -5.62. The summed E-state index contributed by atoms with van der Waals surface area (Å²) in [5, 5.41) is 77.9. The fourth-order valence-electron chi connectivity index (χ4n) is 7.05. The number of phosphoric ester groups is 4. The number of halogens is 8. The van der Waals surface area contributed by atoms with Crippen LogP contribution in [0, 0.1) is 18.6 Å². The van der Waals surface area contributed by atoms with Gasteiger partial charge in [-0.3, -0.25) is 56.3 Å². The number of H-pyrrole nitrogens is 4. The summed E-state index contributed by atoms with van der Waals surface area (Å²) in [6, 6.07) is 0. The van der Waals surface area contributed by atoms with Crippen LogP contribution in [-0.4, -0.2) is 217 Å². The van der Waals surface area contributed by atoms with Gasteiger partial charge in [0.25, 0.3) is 23.4 Å². The van der Waals surface area contributed by atoms with Crippen molar-refractivity contribution < 1.29 is 161 Å². The molecule has 0 bridgehead atoms. The zero-order valence-electron chi connectivity index (χ0n) is 49.4. The molecule has 0 spiro atoms. The lowest BCUT2D eigenvalue weighted by Crippen LogP contribution is -2.42. The molecule has 0 saturated carbocycles. The lowest BCUT2D eigenvalue weighted by Gasteiger charge is -2.22. The maximum atomic E-state index is 15.0. The zero-order chi connectivity index (χ0) is 75.7. The summed E-state index contributed by atoms with van der Waals surface area (Å²) in [5.41, 5.74) is -4.28. The smallest absolute Gasteiger partial charge is 0.385 e. The second-order valence-corrected chi connectivity index (χ2v) is 25.9. The van der Waals surface area contributed by atoms with E-state index in [4.69, 9.17) is 135 Å². The molecule has 0 aromatic carbocycles. The van der Waals surface area contributed by atoms with Crippen molar-refractivity contribution in [1.82, 2.24) is 38.2 Å². The Bertz CT molecular complexity index is 4410. The van der Waals surface area contributed by atoms with Crippen LogP contribution >= 0.6 is 127 Å². The van der Waals surface area contributed by atoms with Gasteiger partial charge in [0, 0.05) is 24.8 Å². The number of alkyl halides is 4. The number of phosphoric acid groups is 4. The molecule has 0 unspecified atom stereocenters. The van der Waals surface area contributed by atoms with E-state index in [1.807, 2.05) is 9.97 Å². The van der Waals surface area contributed by atoms with Gasteiger partial charge in [0.1, 0.15) is 93.7 Å². The maximum Gasteiger partial charge on any atom is 0.469 e. The number of rotatable bonds is 16. The molecule has 0 radical (unpaired) electrons. The van der Waals surface area contributed by atoms with Crippen LogP contribution in [0.15, 0.2) is 44.0 Å². The van der Waals surface area contributed by atoms with Gasteiger partial charge < -0.3 is 98.9 Å². The number of aromatic nitrogens is 8. The van der Waals surface area contributed by atoms with Crippen LogP contribution in [0.5, 0.6) is 0 Å². The van der Waals surface area contributed by atoms with Crippen LogP contribution in [0.1, 0.15) is 33.1 Å². The Kier molecular flexibility index (Phi) is 23.1. The van der Waals surface area contributed by atoms with Crippen molar-refractivity contribution in [3.05, 3.63) is 105 Å². The Hall–Kier alpha value is -2.76. The molecule has 92 heavy (non-hydrogen) atoms. The summed E-state index contributed by atoms with van der Waals surface area (Å²) < 4.78 is 182. The molecule has 4 aromatic heterocycles. The van der Waals surface area contributed by atoms with Crippen molar-refractivity contribution in [2.75, 3.05) is 26.3 Å². The molecule has 4 fully saturated rings. The highest BCUT2D eigenvalue weighted by Gasteiger charge is 2.61. The Balaban J connectivity index is 0.000000236. The Morgan fingerprint density at radius 3 is 0.989 bits per heavy atom. The van der Waals surface area contributed by atoms with Gasteiger partial charge in [-0.15, -0.1) is 0 Å². The lowest BCUT2D eigenvalue weighted by atomic mass is 10.1. The summed E-state index contributed by atoms with van der Waals surface area (Å²) in [6.07, 6.45) is -26.0. The van der Waals surface area contributed by atoms with E-state index in [-0.39, 0.29) is 43.2 Å². The number of hydrogen-bond acceptors (Lipinski definition) is 28. The Morgan fingerprint density at radius 2 is 0.674 bits per heavy atom. The van der Waals surface area contributed by atoms with Crippen LogP contribution < -0.4 is 22.8 Å². The van der Waals surface area contributed by atoms with E-state index in [1.54, 1.807) is 0 Å². The predicted octanol–water partition coefficient (Wildman–Crippen LogP) is -1.66. The monoisotopic (exact) mass is 1570 g/mol. The quantitative estimate of drug-likeness (QED) is 0.0339. The van der Waals surface area contributed by atoms with Gasteiger partial charge in [0.05, 0.1) is 28.3 Å². The van der Waals surface area contributed by atoms with Crippen molar-refractivity contribution in [3.63, 3.8) is 0 Å². The van der Waals surface area contributed by atoms with Gasteiger partial charge in [-0.1, -0.05) is 95.3 Å². The highest BCUT2D eigenvalue weighted by molar-refractivity contribution is 7.72. The number of nitrogens with one attached hydrogen (secondary N) is 4. The largest absolute Gasteiger partial charge is 0.469 e. The van der Waals surface area contributed by atoms with E-state index in [0.717, 1.165) is 18.6 Å². The predicted molar refractivity (Wildman–Crippen MR) is 299 cm³/mol. The molecule has 0 amide bonds. The molecule has 0 aliphatic carbocycles. The molecule has 520 valence electrons. The average Bonchev–Trinajstić information content (AvgIpc) is 1.57. The van der Waals surface area contributed by atoms with Crippen molar-refractivity contribution in [3.8, 4) is 0 Å². The first kappa shape index (κ1) is 70.6. The van der Waals surface area contributed by atoms with Crippen LogP contribution in [0.2, 0.25) is 20.1 Å². The molecule has 8 heterocycles. The van der Waals surface area contributed by atoms with Crippen LogP contribution in [0.25, 0.3) is 0 Å². The van der Waals surface area contributed by atoms with E-state index in [9.17, 15) is 95.9 Å². The highest BCUT2D eigenvalue weighted by atomic mass is 35.5. The molecule has 4 aliphatic heterocycles. The second kappa shape index (κ2) is 30.2. The Labute approximate surface area is 552 Å². The van der Waals surface area contributed by atoms with Crippen molar-refractivity contribution in [2.45, 2.75) is 97.1 Å². The minimum Gasteiger partial charge on any atom is -0.385 e. The maximum absolute atomic E-state index is 15.0. The first-order chi connectivity index (χ1) is 44.0. The summed E-state index contributed by atoms with van der Waals surface area (Å²) in [4.78, 5) is 125. The summed E-state index contributed by atoms with van der Waals surface area (Å²) >= 11 is 41.6. The second-order valence-electron chi connectivity index (χ2n) is 17.8. The van der Waals surface area contributed by atoms with Crippen LogP contribution in [0.4, 0.5) is 17.6 Å². The molecule has 4 saturated heterocycles. The molecule has 8 rings (SSSR count). The van der Waals surface area contributed by atoms with E-state index in [0.29, 0.717) is 19.9 Å². The zero-order valence-corrected chi connectivity index (χ0v) is 53.3. The minimum absolute atomic E-state index is 0.0997. The van der Waals surface area contributed by atoms with Gasteiger partial charge >= 0.3 is 54.0 Å². The Morgan fingerprint density at radius 1 is 0.446 bits per heavy atom. The number of nitrogens with zero attached hydrogens (tertiary/aromatic N) is 4. The standard InChI is InChI=1S/4C9H11ClFN2O8PS/c4*10-3-1-13(8(16)12-6(3)23)7-4(14)5(15)9(11,21-7)2-20-22(17,18)19/h4*1,4-5,7,14-15H,2H2,(H,12,16,23)(H2,17,18,19)/t4*4-,5+,7-,9-/m1111/s1/i2D2,7D;7D;2D2;. The topological polar surface area (TPSA) is 617 Å². The molecular formula is C36H44Cl4F4N8O32P4S4. The lowest BCUT2D eigenvalue weighted by molar-refractivity contribution is -0.205. The van der Waals surface area contributed by atoms with Gasteiger partial charge in [0.15, 0.2) is 24.9 Å². The first-order valence-corrected chi connectivity index (χ1v) is 32.2. The van der Waals surface area contributed by atoms with Crippen LogP contribution in [0.3, 0.4) is 0 Å². The number of aromatic amines is 4. The highest BCUT2D eigenvalue weighted by Crippen LogP contribution is 2.47. The van der Waals surface area contributed by atoms with Crippen molar-refractivity contribution in [1.29, 1.82) is 0 Å². The number of aliphatic hydroxyl groups is 8. The number of ether oxygens (including phenoxy) is 4. The summed E-state index contributed by atoms with van der Waals surface area (Å²) in [5.74, 6) is -14.6. The third-order valence-corrected chi connectivity index (χ3v) is 15.7. The summed E-state index contributed by atoms with van der Waals surface area (Å²) in [6.45, 7) is -10.8. The molecule has 16 atom stereocenters. The molecular weight excluding hydrogens is 1530 g/mol. The average molecular weight is 1580 g/mol. The molecule has 4 aromatic rings. The summed E-state index contributed by atoms with van der Waals surface area (Å²) in [7, 11) is -21.3. The third-order valence-electron chi connectivity index (χ3n) is 11.3.